The fraction of sp³-hybridized carbons (Fsp3) is 0.300. The molecule has 0 fully saturated rings. The van der Waals surface area contributed by atoms with Gasteiger partial charge in [0.05, 0.1) is 10.0 Å². The van der Waals surface area contributed by atoms with Crippen LogP contribution in [-0.4, -0.2) is 8.32 Å². The van der Waals surface area contributed by atoms with E-state index in [1.165, 1.54) is 0 Å². The molecule has 0 N–H and O–H groups in total. The Morgan fingerprint density at radius 2 is 2.00 bits per heavy atom. The summed E-state index contributed by atoms with van der Waals surface area (Å²) >= 11 is 3.37. The van der Waals surface area contributed by atoms with Crippen LogP contribution in [0.2, 0.25) is 19.6 Å². The molecule has 0 saturated carbocycles. The van der Waals surface area contributed by atoms with Crippen LogP contribution >= 0.6 is 15.9 Å². The zero-order valence-electron chi connectivity index (χ0n) is 8.47. The summed E-state index contributed by atoms with van der Waals surface area (Å²) in [6, 6.07) is 7.59. The number of halogens is 1. The number of nitrogens with zero attached hydrogens (tertiary/aromatic N) is 1. The van der Waals surface area contributed by atoms with Crippen LogP contribution in [0, 0.1) is 11.3 Å². The molecule has 0 atom stereocenters. The smallest absolute Gasteiger partial charge is 0.242 e. The normalized spacial score (nSPS) is 10.8. The maximum atomic E-state index is 8.82. The van der Waals surface area contributed by atoms with E-state index in [0.29, 0.717) is 5.56 Å². The third-order valence-corrected chi connectivity index (χ3v) is 3.15. The quantitative estimate of drug-likeness (QED) is 0.770. The second-order valence-electron chi connectivity index (χ2n) is 3.94. The van der Waals surface area contributed by atoms with Crippen molar-refractivity contribution in [3.05, 3.63) is 28.2 Å². The molecule has 0 aliphatic carbocycles. The van der Waals surface area contributed by atoms with Crippen molar-refractivity contribution in [2.75, 3.05) is 0 Å². The summed E-state index contributed by atoms with van der Waals surface area (Å²) in [5, 5.41) is 8.82. The van der Waals surface area contributed by atoms with Crippen molar-refractivity contribution < 1.29 is 4.43 Å². The lowest BCUT2D eigenvalue weighted by molar-refractivity contribution is 0.554. The SMILES string of the molecule is C[Si](C)(C)Oc1cccc(C#N)c1Br. The monoisotopic (exact) mass is 269 g/mol. The van der Waals surface area contributed by atoms with Crippen molar-refractivity contribution in [2.45, 2.75) is 19.6 Å². The molecule has 0 radical (unpaired) electrons. The molecule has 0 aliphatic heterocycles. The molecule has 0 bridgehead atoms. The second-order valence-corrected chi connectivity index (χ2v) is 9.17. The Bertz CT molecular complexity index is 379. The molecule has 1 aromatic carbocycles. The van der Waals surface area contributed by atoms with Gasteiger partial charge >= 0.3 is 0 Å². The van der Waals surface area contributed by atoms with Crippen LogP contribution in [0.15, 0.2) is 22.7 Å². The molecular formula is C10H12BrNOSi. The Morgan fingerprint density at radius 3 is 2.50 bits per heavy atom. The summed E-state index contributed by atoms with van der Waals surface area (Å²) in [4.78, 5) is 0. The largest absolute Gasteiger partial charge is 0.544 e. The summed E-state index contributed by atoms with van der Waals surface area (Å²) in [5.41, 5.74) is 0.612. The van der Waals surface area contributed by atoms with E-state index in [-0.39, 0.29) is 0 Å². The van der Waals surface area contributed by atoms with Gasteiger partial charge < -0.3 is 4.43 Å². The molecule has 0 saturated heterocycles. The van der Waals surface area contributed by atoms with Crippen molar-refractivity contribution in [1.29, 1.82) is 5.26 Å². The zero-order chi connectivity index (χ0) is 10.8. The fourth-order valence-electron chi connectivity index (χ4n) is 1.01. The van der Waals surface area contributed by atoms with Gasteiger partial charge in [0.15, 0.2) is 0 Å². The average molecular weight is 270 g/mol. The van der Waals surface area contributed by atoms with Gasteiger partial charge in [0.1, 0.15) is 11.8 Å². The summed E-state index contributed by atoms with van der Waals surface area (Å²) in [5.74, 6) is 0.767. The van der Waals surface area contributed by atoms with Crippen LogP contribution in [0.1, 0.15) is 5.56 Å². The van der Waals surface area contributed by atoms with Gasteiger partial charge in [-0.25, -0.2) is 0 Å². The molecule has 4 heteroatoms. The highest BCUT2D eigenvalue weighted by Gasteiger charge is 2.18. The number of rotatable bonds is 2. The molecule has 74 valence electrons. The van der Waals surface area contributed by atoms with Gasteiger partial charge in [0.25, 0.3) is 0 Å². The predicted molar refractivity (Wildman–Crippen MR) is 62.8 cm³/mol. The fourth-order valence-corrected chi connectivity index (χ4v) is 2.42. The van der Waals surface area contributed by atoms with Crippen molar-refractivity contribution >= 4 is 24.2 Å². The highest BCUT2D eigenvalue weighted by atomic mass is 79.9. The third kappa shape index (κ3) is 2.86. The Balaban J connectivity index is 3.06. The first kappa shape index (κ1) is 11.3. The predicted octanol–water partition coefficient (Wildman–Crippen LogP) is 3.53. The van der Waals surface area contributed by atoms with Crippen LogP contribution in [-0.2, 0) is 0 Å². The topological polar surface area (TPSA) is 33.0 Å². The van der Waals surface area contributed by atoms with Crippen LogP contribution in [0.3, 0.4) is 0 Å². The lowest BCUT2D eigenvalue weighted by Crippen LogP contribution is -2.29. The van der Waals surface area contributed by atoms with Crippen LogP contribution in [0.25, 0.3) is 0 Å². The zero-order valence-corrected chi connectivity index (χ0v) is 11.1. The minimum Gasteiger partial charge on any atom is -0.544 e. The molecule has 2 nitrogen and oxygen atoms in total. The Hall–Kier alpha value is -0.793. The molecule has 0 aromatic heterocycles. The van der Waals surface area contributed by atoms with Crippen molar-refractivity contribution in [3.63, 3.8) is 0 Å². The van der Waals surface area contributed by atoms with Gasteiger partial charge in [0.2, 0.25) is 8.32 Å². The average Bonchev–Trinajstić information content (AvgIpc) is 2.06. The van der Waals surface area contributed by atoms with E-state index in [1.807, 2.05) is 12.1 Å². The van der Waals surface area contributed by atoms with Gasteiger partial charge in [-0.15, -0.1) is 0 Å². The molecule has 1 aromatic rings. The summed E-state index contributed by atoms with van der Waals surface area (Å²) in [6.07, 6.45) is 0. The maximum absolute atomic E-state index is 8.82. The van der Waals surface area contributed by atoms with Gasteiger partial charge in [-0.2, -0.15) is 5.26 Å². The first-order valence-corrected chi connectivity index (χ1v) is 8.52. The van der Waals surface area contributed by atoms with Crippen molar-refractivity contribution in [3.8, 4) is 11.8 Å². The van der Waals surface area contributed by atoms with Gasteiger partial charge in [-0.1, -0.05) is 6.07 Å². The van der Waals surface area contributed by atoms with Gasteiger partial charge in [-0.05, 0) is 47.7 Å². The minimum absolute atomic E-state index is 0.612. The number of hydrogen-bond acceptors (Lipinski definition) is 2. The Kier molecular flexibility index (Phi) is 3.35. The van der Waals surface area contributed by atoms with E-state index < -0.39 is 8.32 Å². The van der Waals surface area contributed by atoms with Crippen LogP contribution in [0.4, 0.5) is 0 Å². The maximum Gasteiger partial charge on any atom is 0.242 e. The first-order chi connectivity index (χ1) is 6.44. The molecular weight excluding hydrogens is 258 g/mol. The molecule has 0 amide bonds. The van der Waals surface area contributed by atoms with Crippen LogP contribution in [0.5, 0.6) is 5.75 Å². The van der Waals surface area contributed by atoms with E-state index in [1.54, 1.807) is 6.07 Å². The molecule has 0 heterocycles. The number of nitriles is 1. The highest BCUT2D eigenvalue weighted by molar-refractivity contribution is 9.10. The van der Waals surface area contributed by atoms with Crippen molar-refractivity contribution in [2.24, 2.45) is 0 Å². The van der Waals surface area contributed by atoms with Gasteiger partial charge in [-0.3, -0.25) is 0 Å². The summed E-state index contributed by atoms with van der Waals surface area (Å²) in [7, 11) is -1.60. The minimum atomic E-state index is -1.60. The second kappa shape index (κ2) is 4.16. The molecule has 14 heavy (non-hydrogen) atoms. The molecule has 1 rings (SSSR count). The van der Waals surface area contributed by atoms with Crippen LogP contribution < -0.4 is 4.43 Å². The third-order valence-electron chi connectivity index (χ3n) is 1.50. The highest BCUT2D eigenvalue weighted by Crippen LogP contribution is 2.29. The number of hydrogen-bond donors (Lipinski definition) is 0. The van der Waals surface area contributed by atoms with Gasteiger partial charge in [0, 0.05) is 0 Å². The molecule has 0 spiro atoms. The Morgan fingerprint density at radius 1 is 1.36 bits per heavy atom. The lowest BCUT2D eigenvalue weighted by atomic mass is 10.2. The van der Waals surface area contributed by atoms with Crippen molar-refractivity contribution in [1.82, 2.24) is 0 Å². The van der Waals surface area contributed by atoms with E-state index in [9.17, 15) is 0 Å². The standard InChI is InChI=1S/C10H12BrNOSi/c1-14(2,3)13-9-6-4-5-8(7-12)10(9)11/h4-6H,1-3H3. The summed E-state index contributed by atoms with van der Waals surface area (Å²) in [6.45, 7) is 6.33. The summed E-state index contributed by atoms with van der Waals surface area (Å²) < 4.78 is 6.57. The first-order valence-electron chi connectivity index (χ1n) is 4.31. The molecule has 0 unspecified atom stereocenters. The lowest BCUT2D eigenvalue weighted by Gasteiger charge is -2.20. The number of benzene rings is 1. The van der Waals surface area contributed by atoms with E-state index >= 15 is 0 Å². The van der Waals surface area contributed by atoms with E-state index in [2.05, 4.69) is 41.6 Å². The molecule has 0 aliphatic rings. The van der Waals surface area contributed by atoms with E-state index in [0.717, 1.165) is 10.2 Å². The van der Waals surface area contributed by atoms with E-state index in [4.69, 9.17) is 9.69 Å². The Labute approximate surface area is 93.8 Å².